The lowest BCUT2D eigenvalue weighted by molar-refractivity contribution is -0.143. The smallest absolute Gasteiger partial charge is 0.305 e. The number of amides is 1. The molecule has 0 fully saturated rings. The summed E-state index contributed by atoms with van der Waals surface area (Å²) in [6.07, 6.45) is 69.2. The van der Waals surface area contributed by atoms with Crippen molar-refractivity contribution in [1.29, 1.82) is 0 Å². The van der Waals surface area contributed by atoms with Crippen molar-refractivity contribution in [3.63, 3.8) is 0 Å². The normalized spacial score (nSPS) is 12.7. The zero-order chi connectivity index (χ0) is 48.6. The molecule has 0 saturated heterocycles. The van der Waals surface area contributed by atoms with Crippen LogP contribution in [0.15, 0.2) is 24.3 Å². The number of aliphatic hydroxyl groups is 2. The standard InChI is InChI=1S/C61H117NO5/c1-3-5-7-9-11-13-15-17-18-19-25-28-31-35-39-43-47-51-55-61(66)67-56-52-48-44-40-36-32-29-26-23-21-20-22-24-27-30-34-38-42-46-50-54-60(65)62-58(57-63)59(64)53-49-45-41-37-33-16-14-12-10-8-6-4-2/h18-19,49,53,58-59,63-64H,3-17,20-48,50-52,54-57H2,1-2H3,(H,62,65)/b19-18-,53-49+. The van der Waals surface area contributed by atoms with Gasteiger partial charge in [-0.2, -0.15) is 0 Å². The second kappa shape index (κ2) is 56.9. The van der Waals surface area contributed by atoms with Gasteiger partial charge in [-0.15, -0.1) is 0 Å². The van der Waals surface area contributed by atoms with Crippen molar-refractivity contribution in [2.24, 2.45) is 0 Å². The van der Waals surface area contributed by atoms with Crippen molar-refractivity contribution in [2.75, 3.05) is 13.2 Å². The van der Waals surface area contributed by atoms with Crippen LogP contribution >= 0.6 is 0 Å². The summed E-state index contributed by atoms with van der Waals surface area (Å²) in [4.78, 5) is 24.5. The van der Waals surface area contributed by atoms with Crippen LogP contribution in [0.2, 0.25) is 0 Å². The molecular formula is C61H117NO5. The van der Waals surface area contributed by atoms with Crippen LogP contribution in [0.25, 0.3) is 0 Å². The number of carbonyl (C=O) groups is 2. The van der Waals surface area contributed by atoms with Gasteiger partial charge in [0.25, 0.3) is 0 Å². The van der Waals surface area contributed by atoms with Crippen LogP contribution in [0, 0.1) is 0 Å². The molecule has 67 heavy (non-hydrogen) atoms. The van der Waals surface area contributed by atoms with Crippen molar-refractivity contribution >= 4 is 11.9 Å². The van der Waals surface area contributed by atoms with Gasteiger partial charge < -0.3 is 20.3 Å². The first-order valence-electron chi connectivity index (χ1n) is 30.1. The van der Waals surface area contributed by atoms with Gasteiger partial charge in [-0.05, 0) is 57.8 Å². The van der Waals surface area contributed by atoms with E-state index in [0.717, 1.165) is 44.9 Å². The fraction of sp³-hybridized carbons (Fsp3) is 0.902. The number of nitrogens with one attached hydrogen (secondary N) is 1. The largest absolute Gasteiger partial charge is 0.466 e. The van der Waals surface area contributed by atoms with E-state index in [1.165, 1.54) is 257 Å². The Balaban J connectivity index is 3.38. The maximum absolute atomic E-state index is 12.4. The van der Waals surface area contributed by atoms with Crippen molar-refractivity contribution in [3.05, 3.63) is 24.3 Å². The minimum Gasteiger partial charge on any atom is -0.466 e. The van der Waals surface area contributed by atoms with Crippen LogP contribution in [-0.4, -0.2) is 47.4 Å². The topological polar surface area (TPSA) is 95.9 Å². The average Bonchev–Trinajstić information content (AvgIpc) is 3.33. The summed E-state index contributed by atoms with van der Waals surface area (Å²) in [5.74, 6) is -0.0626. The Kier molecular flexibility index (Phi) is 55.5. The van der Waals surface area contributed by atoms with Crippen molar-refractivity contribution in [3.8, 4) is 0 Å². The molecule has 0 bridgehead atoms. The molecule has 3 N–H and O–H groups in total. The fourth-order valence-corrected chi connectivity index (χ4v) is 9.34. The maximum Gasteiger partial charge on any atom is 0.305 e. The number of hydrogen-bond acceptors (Lipinski definition) is 5. The number of hydrogen-bond donors (Lipinski definition) is 3. The molecule has 0 radical (unpaired) electrons. The van der Waals surface area contributed by atoms with Crippen LogP contribution in [-0.2, 0) is 14.3 Å². The zero-order valence-electron chi connectivity index (χ0n) is 45.1. The average molecular weight is 945 g/mol. The highest BCUT2D eigenvalue weighted by molar-refractivity contribution is 5.76. The molecule has 6 nitrogen and oxygen atoms in total. The summed E-state index contributed by atoms with van der Waals surface area (Å²) in [6, 6.07) is -0.628. The summed E-state index contributed by atoms with van der Waals surface area (Å²) in [5.41, 5.74) is 0. The van der Waals surface area contributed by atoms with E-state index < -0.39 is 12.1 Å². The van der Waals surface area contributed by atoms with E-state index in [9.17, 15) is 19.8 Å². The minimum absolute atomic E-state index is 0.00718. The molecule has 2 unspecified atom stereocenters. The van der Waals surface area contributed by atoms with E-state index in [0.29, 0.717) is 19.4 Å². The molecule has 0 aromatic rings. The second-order valence-corrected chi connectivity index (χ2v) is 20.7. The van der Waals surface area contributed by atoms with Crippen molar-refractivity contribution < 1.29 is 24.5 Å². The molecule has 6 heteroatoms. The Bertz CT molecular complexity index is 1040. The molecule has 0 aliphatic heterocycles. The number of aliphatic hydroxyl groups excluding tert-OH is 2. The van der Waals surface area contributed by atoms with E-state index >= 15 is 0 Å². The molecule has 0 aromatic heterocycles. The molecule has 396 valence electrons. The third kappa shape index (κ3) is 53.5. The second-order valence-electron chi connectivity index (χ2n) is 20.7. The molecule has 0 spiro atoms. The Hall–Kier alpha value is -1.66. The van der Waals surface area contributed by atoms with Crippen molar-refractivity contribution in [1.82, 2.24) is 5.32 Å². The Morgan fingerprint density at radius 2 is 0.701 bits per heavy atom. The Morgan fingerprint density at radius 1 is 0.403 bits per heavy atom. The monoisotopic (exact) mass is 944 g/mol. The van der Waals surface area contributed by atoms with Crippen LogP contribution in [0.1, 0.15) is 328 Å². The predicted octanol–water partition coefficient (Wildman–Crippen LogP) is 18.6. The van der Waals surface area contributed by atoms with Gasteiger partial charge in [-0.1, -0.05) is 282 Å². The van der Waals surface area contributed by atoms with Gasteiger partial charge in [0.05, 0.1) is 25.4 Å². The first-order valence-corrected chi connectivity index (χ1v) is 30.1. The van der Waals surface area contributed by atoms with Gasteiger partial charge in [-0.3, -0.25) is 9.59 Å². The zero-order valence-corrected chi connectivity index (χ0v) is 45.1. The van der Waals surface area contributed by atoms with Crippen LogP contribution in [0.5, 0.6) is 0 Å². The van der Waals surface area contributed by atoms with E-state index in [-0.39, 0.29) is 18.5 Å². The Morgan fingerprint density at radius 3 is 1.06 bits per heavy atom. The molecule has 0 heterocycles. The molecular weight excluding hydrogens is 827 g/mol. The molecule has 0 aliphatic carbocycles. The summed E-state index contributed by atoms with van der Waals surface area (Å²) < 4.78 is 5.49. The van der Waals surface area contributed by atoms with E-state index in [4.69, 9.17) is 4.74 Å². The number of rotatable bonds is 56. The van der Waals surface area contributed by atoms with E-state index in [1.807, 2.05) is 6.08 Å². The first-order chi connectivity index (χ1) is 33.0. The van der Waals surface area contributed by atoms with Crippen LogP contribution in [0.3, 0.4) is 0 Å². The van der Waals surface area contributed by atoms with Crippen LogP contribution < -0.4 is 5.32 Å². The SMILES string of the molecule is CCCCCCCCC/C=C\CCCCCCCCCC(=O)OCCCCCCCCCCCCCCCCCCCCCCC(=O)NC(CO)C(O)/C=C/CCCCCCCCCCCC. The predicted molar refractivity (Wildman–Crippen MR) is 292 cm³/mol. The first kappa shape index (κ1) is 65.3. The lowest BCUT2D eigenvalue weighted by Gasteiger charge is -2.20. The van der Waals surface area contributed by atoms with E-state index in [1.54, 1.807) is 6.08 Å². The maximum atomic E-state index is 12.4. The van der Waals surface area contributed by atoms with E-state index in [2.05, 4.69) is 31.3 Å². The molecule has 0 saturated carbocycles. The summed E-state index contributed by atoms with van der Waals surface area (Å²) in [7, 11) is 0. The third-order valence-corrected chi connectivity index (χ3v) is 14.0. The molecule has 2 atom stereocenters. The molecule has 0 aromatic carbocycles. The van der Waals surface area contributed by atoms with Gasteiger partial charge in [-0.25, -0.2) is 0 Å². The lowest BCUT2D eigenvalue weighted by Crippen LogP contribution is -2.45. The summed E-state index contributed by atoms with van der Waals surface area (Å²) >= 11 is 0. The highest BCUT2D eigenvalue weighted by Crippen LogP contribution is 2.17. The number of unbranched alkanes of at least 4 members (excludes halogenated alkanes) is 43. The summed E-state index contributed by atoms with van der Waals surface area (Å²) in [6.45, 7) is 4.90. The van der Waals surface area contributed by atoms with Gasteiger partial charge in [0.1, 0.15) is 0 Å². The molecule has 0 rings (SSSR count). The number of carbonyl (C=O) groups excluding carboxylic acids is 2. The van der Waals surface area contributed by atoms with Gasteiger partial charge in [0.15, 0.2) is 0 Å². The molecule has 0 aliphatic rings. The van der Waals surface area contributed by atoms with Crippen molar-refractivity contribution in [2.45, 2.75) is 341 Å². The quantitative estimate of drug-likeness (QED) is 0.0321. The minimum atomic E-state index is -0.844. The Labute approximate surface area is 418 Å². The number of esters is 1. The van der Waals surface area contributed by atoms with Gasteiger partial charge in [0.2, 0.25) is 5.91 Å². The summed E-state index contributed by atoms with van der Waals surface area (Å²) in [5, 5.41) is 23.0. The molecule has 1 amide bonds. The number of allylic oxidation sites excluding steroid dienone is 3. The highest BCUT2D eigenvalue weighted by Gasteiger charge is 2.18. The fourth-order valence-electron chi connectivity index (χ4n) is 9.34. The lowest BCUT2D eigenvalue weighted by atomic mass is 10.0. The van der Waals surface area contributed by atoms with Gasteiger partial charge in [0, 0.05) is 12.8 Å². The third-order valence-electron chi connectivity index (χ3n) is 14.0. The van der Waals surface area contributed by atoms with Gasteiger partial charge >= 0.3 is 5.97 Å². The highest BCUT2D eigenvalue weighted by atomic mass is 16.5. The van der Waals surface area contributed by atoms with Crippen LogP contribution in [0.4, 0.5) is 0 Å². The number of ether oxygens (including phenoxy) is 1.